The fourth-order valence-electron chi connectivity index (χ4n) is 7.22. The number of benzene rings is 1. The summed E-state index contributed by atoms with van der Waals surface area (Å²) in [7, 11) is 2.13. The third-order valence-electron chi connectivity index (χ3n) is 9.34. The lowest BCUT2D eigenvalue weighted by Gasteiger charge is -2.34. The van der Waals surface area contributed by atoms with Gasteiger partial charge >= 0.3 is 6.01 Å². The van der Waals surface area contributed by atoms with E-state index in [1.165, 1.54) is 17.5 Å². The van der Waals surface area contributed by atoms with Gasteiger partial charge in [0.15, 0.2) is 5.82 Å². The maximum absolute atomic E-state index is 16.5. The highest BCUT2D eigenvalue weighted by Gasteiger charge is 2.36. The summed E-state index contributed by atoms with van der Waals surface area (Å²) in [6.45, 7) is 7.75. The second kappa shape index (κ2) is 9.12. The van der Waals surface area contributed by atoms with Gasteiger partial charge in [-0.2, -0.15) is 9.97 Å². The Bertz CT molecular complexity index is 1380. The van der Waals surface area contributed by atoms with Crippen LogP contribution in [-0.4, -0.2) is 71.3 Å². The molecule has 1 aromatic carbocycles. The van der Waals surface area contributed by atoms with Crippen LogP contribution in [0.2, 0.25) is 0 Å². The van der Waals surface area contributed by atoms with Crippen molar-refractivity contribution >= 4 is 16.7 Å². The highest BCUT2D eigenvalue weighted by Crippen LogP contribution is 2.45. The highest BCUT2D eigenvalue weighted by atomic mass is 19.1. The summed E-state index contributed by atoms with van der Waals surface area (Å²) < 4.78 is 22.7. The Balaban J connectivity index is 1.34. The summed E-state index contributed by atoms with van der Waals surface area (Å²) in [5.41, 5.74) is 4.02. The fourth-order valence-corrected chi connectivity index (χ4v) is 7.22. The fraction of sp³-hybridized carbons (Fsp3) is 0.567. The largest absolute Gasteiger partial charge is 0.462 e. The molecule has 0 spiro atoms. The lowest BCUT2D eigenvalue weighted by molar-refractivity contribution is 0.188. The van der Waals surface area contributed by atoms with Gasteiger partial charge in [-0.1, -0.05) is 32.0 Å². The number of fused-ring (bicyclic) bond motifs is 4. The van der Waals surface area contributed by atoms with Crippen molar-refractivity contribution in [3.05, 3.63) is 41.3 Å². The van der Waals surface area contributed by atoms with Crippen LogP contribution in [0.15, 0.2) is 24.4 Å². The number of nitrogens with zero attached hydrogens (tertiary/aromatic N) is 5. The minimum atomic E-state index is -0.386. The average molecular weight is 517 g/mol. The van der Waals surface area contributed by atoms with Gasteiger partial charge in [0, 0.05) is 43.0 Å². The first-order valence-electron chi connectivity index (χ1n) is 14.2. The lowest BCUT2D eigenvalue weighted by atomic mass is 9.82. The smallest absolute Gasteiger partial charge is 0.319 e. The van der Waals surface area contributed by atoms with E-state index in [1.54, 1.807) is 6.20 Å². The molecule has 200 valence electrons. The van der Waals surface area contributed by atoms with Crippen molar-refractivity contribution < 1.29 is 9.13 Å². The van der Waals surface area contributed by atoms with Gasteiger partial charge in [0.05, 0.1) is 5.39 Å². The van der Waals surface area contributed by atoms with Crippen LogP contribution in [0.5, 0.6) is 6.01 Å². The van der Waals surface area contributed by atoms with Gasteiger partial charge in [-0.25, -0.2) is 4.39 Å². The van der Waals surface area contributed by atoms with Gasteiger partial charge in [-0.15, -0.1) is 0 Å². The van der Waals surface area contributed by atoms with Crippen molar-refractivity contribution in [3.8, 4) is 17.3 Å². The maximum atomic E-state index is 16.5. The molecule has 7 nitrogen and oxygen atoms in total. The van der Waals surface area contributed by atoms with Gasteiger partial charge in [0.2, 0.25) is 0 Å². The zero-order chi connectivity index (χ0) is 26.0. The summed E-state index contributed by atoms with van der Waals surface area (Å²) in [6, 6.07) is 7.65. The van der Waals surface area contributed by atoms with Crippen LogP contribution in [0.4, 0.5) is 10.2 Å². The van der Waals surface area contributed by atoms with E-state index in [2.05, 4.69) is 47.1 Å². The maximum Gasteiger partial charge on any atom is 0.319 e. The Hall–Kier alpha value is -2.84. The van der Waals surface area contributed by atoms with E-state index in [4.69, 9.17) is 14.7 Å². The number of rotatable bonds is 5. The number of hydrogen-bond acceptors (Lipinski definition) is 7. The van der Waals surface area contributed by atoms with Crippen LogP contribution in [0.1, 0.15) is 57.1 Å². The molecule has 1 N–H and O–H groups in total. The summed E-state index contributed by atoms with van der Waals surface area (Å²) in [5.74, 6) is 0.350. The third kappa shape index (κ3) is 4.04. The van der Waals surface area contributed by atoms with E-state index in [1.807, 2.05) is 12.1 Å². The summed E-state index contributed by atoms with van der Waals surface area (Å²) in [6.07, 6.45) is 8.43. The van der Waals surface area contributed by atoms with Gasteiger partial charge < -0.3 is 19.9 Å². The number of likely N-dealkylation sites (N-methyl/N-ethyl adjacent to an activating group) is 1. The number of aryl methyl sites for hydroxylation is 1. The van der Waals surface area contributed by atoms with E-state index >= 15 is 4.39 Å². The first kappa shape index (κ1) is 24.2. The molecule has 2 aromatic heterocycles. The lowest BCUT2D eigenvalue weighted by Crippen LogP contribution is -2.51. The number of ether oxygens (including phenoxy) is 1. The molecule has 3 atom stereocenters. The predicted octanol–water partition coefficient (Wildman–Crippen LogP) is 4.47. The van der Waals surface area contributed by atoms with Crippen molar-refractivity contribution in [2.45, 2.75) is 75.9 Å². The Morgan fingerprint density at radius 1 is 1.13 bits per heavy atom. The molecule has 5 heterocycles. The van der Waals surface area contributed by atoms with Gasteiger partial charge in [-0.05, 0) is 68.7 Å². The second-order valence-electron chi connectivity index (χ2n) is 12.4. The number of pyridine rings is 1. The number of piperazine rings is 1. The minimum Gasteiger partial charge on any atom is -0.462 e. The zero-order valence-electron chi connectivity index (χ0n) is 22.6. The predicted molar refractivity (Wildman–Crippen MR) is 147 cm³/mol. The normalized spacial score (nSPS) is 26.3. The Labute approximate surface area is 223 Å². The van der Waals surface area contributed by atoms with E-state index in [9.17, 15) is 0 Å². The Morgan fingerprint density at radius 3 is 2.71 bits per heavy atom. The highest BCUT2D eigenvalue weighted by molar-refractivity contribution is 5.92. The molecular weight excluding hydrogens is 479 g/mol. The van der Waals surface area contributed by atoms with E-state index in [-0.39, 0.29) is 17.2 Å². The number of nitrogens with one attached hydrogen (secondary N) is 1. The van der Waals surface area contributed by atoms with Crippen molar-refractivity contribution in [2.75, 3.05) is 38.2 Å². The summed E-state index contributed by atoms with van der Waals surface area (Å²) in [4.78, 5) is 18.9. The van der Waals surface area contributed by atoms with Crippen LogP contribution in [0.3, 0.4) is 0 Å². The molecule has 7 rings (SSSR count). The summed E-state index contributed by atoms with van der Waals surface area (Å²) in [5, 5.41) is 4.34. The molecule has 3 aliphatic heterocycles. The molecule has 0 radical (unpaired) electrons. The topological polar surface area (TPSA) is 66.4 Å². The van der Waals surface area contributed by atoms with Crippen LogP contribution in [-0.2, 0) is 11.8 Å². The molecule has 4 aliphatic rings. The summed E-state index contributed by atoms with van der Waals surface area (Å²) >= 11 is 0. The van der Waals surface area contributed by atoms with E-state index in [0.29, 0.717) is 41.3 Å². The number of aromatic nitrogens is 3. The molecule has 1 aliphatic carbocycles. The molecule has 0 saturated carbocycles. The molecule has 0 amide bonds. The first-order chi connectivity index (χ1) is 18.4. The van der Waals surface area contributed by atoms with Crippen LogP contribution in [0.25, 0.3) is 22.2 Å². The van der Waals surface area contributed by atoms with Crippen LogP contribution >= 0.6 is 0 Å². The van der Waals surface area contributed by atoms with Crippen LogP contribution in [0, 0.1) is 5.82 Å². The average Bonchev–Trinajstić information content (AvgIpc) is 3.58. The van der Waals surface area contributed by atoms with Crippen molar-refractivity contribution in [1.82, 2.24) is 25.2 Å². The molecule has 2 bridgehead atoms. The third-order valence-corrected chi connectivity index (χ3v) is 9.34. The Kier molecular flexibility index (Phi) is 5.82. The monoisotopic (exact) mass is 516 g/mol. The number of anilines is 1. The van der Waals surface area contributed by atoms with Crippen molar-refractivity contribution in [1.29, 1.82) is 0 Å². The molecule has 0 unspecified atom stereocenters. The minimum absolute atomic E-state index is 0.0203. The van der Waals surface area contributed by atoms with E-state index < -0.39 is 0 Å². The van der Waals surface area contributed by atoms with Gasteiger partial charge in [-0.3, -0.25) is 4.98 Å². The molecule has 3 fully saturated rings. The number of halogens is 1. The van der Waals surface area contributed by atoms with Gasteiger partial charge in [0.25, 0.3) is 0 Å². The molecule has 3 aromatic rings. The quantitative estimate of drug-likeness (QED) is 0.537. The zero-order valence-corrected chi connectivity index (χ0v) is 22.6. The molecule has 3 saturated heterocycles. The first-order valence-corrected chi connectivity index (χ1v) is 14.2. The van der Waals surface area contributed by atoms with Crippen molar-refractivity contribution in [2.24, 2.45) is 0 Å². The van der Waals surface area contributed by atoms with Crippen molar-refractivity contribution in [3.63, 3.8) is 0 Å². The van der Waals surface area contributed by atoms with Crippen LogP contribution < -0.4 is 15.0 Å². The molecular formula is C30H37FN6O. The SMILES string of the molecule is CN1CCC[C@H]1COc1nc(N2C[C@H]3CC[C@@H](C2)N3)c2cnc(-c3cccc4c3C(C)(C)CC4)c(F)c2n1. The standard InChI is InChI=1S/C30H37FN6O/c1-30(2)12-11-18-6-4-8-22(24(18)30)26-25(31)27-23(14-32-26)28(37-15-19-9-10-20(16-37)33-19)35-29(34-27)38-17-21-7-5-13-36(21)3/h4,6,8,14,19-21,33H,5,7,9-13,15-17H2,1-3H3/t19-,20+,21-/m0/s1. The second-order valence-corrected chi connectivity index (χ2v) is 12.4. The molecule has 38 heavy (non-hydrogen) atoms. The number of hydrogen-bond donors (Lipinski definition) is 1. The Morgan fingerprint density at radius 2 is 1.95 bits per heavy atom. The number of likely N-dealkylation sites (tertiary alicyclic amines) is 1. The molecule has 8 heteroatoms. The van der Waals surface area contributed by atoms with Gasteiger partial charge in [0.1, 0.15) is 23.6 Å². The van der Waals surface area contributed by atoms with E-state index in [0.717, 1.165) is 63.1 Å².